The van der Waals surface area contributed by atoms with Gasteiger partial charge in [0.15, 0.2) is 0 Å². The molecule has 2 aromatic carbocycles. The fraction of sp³-hybridized carbons (Fsp3) is 0.133. The number of carbonyl (C=O) groups is 1. The van der Waals surface area contributed by atoms with Gasteiger partial charge in [0.25, 0.3) is 0 Å². The lowest BCUT2D eigenvalue weighted by molar-refractivity contribution is -0.115. The van der Waals surface area contributed by atoms with Crippen LogP contribution in [0.1, 0.15) is 6.92 Å². The van der Waals surface area contributed by atoms with Gasteiger partial charge < -0.3 is 11.1 Å². The van der Waals surface area contributed by atoms with Crippen molar-refractivity contribution in [2.75, 3.05) is 11.1 Å². The zero-order valence-corrected chi connectivity index (χ0v) is 11.8. The number of thioether (sulfide) groups is 1. The number of carbonyl (C=O) groups excluding carboxylic acids is 1. The Morgan fingerprint density at radius 2 is 1.85 bits per heavy atom. The Morgan fingerprint density at radius 3 is 2.50 bits per heavy atom. The van der Waals surface area contributed by atoms with E-state index in [1.807, 2.05) is 18.2 Å². The Balaban J connectivity index is 1.99. The van der Waals surface area contributed by atoms with Gasteiger partial charge in [-0.05, 0) is 43.3 Å². The molecule has 1 amide bonds. The molecule has 104 valence electrons. The van der Waals surface area contributed by atoms with E-state index in [0.717, 1.165) is 4.90 Å². The maximum atomic E-state index is 12.8. The van der Waals surface area contributed by atoms with Gasteiger partial charge in [-0.2, -0.15) is 0 Å². The van der Waals surface area contributed by atoms with Crippen molar-refractivity contribution in [3.05, 3.63) is 54.3 Å². The van der Waals surface area contributed by atoms with Crippen LogP contribution in [-0.4, -0.2) is 11.2 Å². The first-order valence-corrected chi connectivity index (χ1v) is 7.02. The molecular formula is C15H15FN2OS. The number of para-hydroxylation sites is 1. The zero-order valence-electron chi connectivity index (χ0n) is 11.0. The van der Waals surface area contributed by atoms with E-state index in [1.54, 1.807) is 13.0 Å². The van der Waals surface area contributed by atoms with Crippen molar-refractivity contribution < 1.29 is 9.18 Å². The minimum Gasteiger partial charge on any atom is -0.398 e. The molecule has 3 nitrogen and oxygen atoms in total. The summed E-state index contributed by atoms with van der Waals surface area (Å²) in [7, 11) is 0. The Bertz CT molecular complexity index is 601. The van der Waals surface area contributed by atoms with E-state index >= 15 is 0 Å². The maximum absolute atomic E-state index is 12.8. The van der Waals surface area contributed by atoms with E-state index in [9.17, 15) is 9.18 Å². The molecule has 0 aliphatic heterocycles. The van der Waals surface area contributed by atoms with Crippen molar-refractivity contribution in [1.82, 2.24) is 0 Å². The summed E-state index contributed by atoms with van der Waals surface area (Å²) in [5.41, 5.74) is 7.07. The summed E-state index contributed by atoms with van der Waals surface area (Å²) >= 11 is 1.39. The van der Waals surface area contributed by atoms with E-state index in [-0.39, 0.29) is 17.0 Å². The summed E-state index contributed by atoms with van der Waals surface area (Å²) in [4.78, 5) is 12.9. The summed E-state index contributed by atoms with van der Waals surface area (Å²) in [5.74, 6) is -0.479. The van der Waals surface area contributed by atoms with E-state index in [0.29, 0.717) is 11.4 Å². The second kappa shape index (κ2) is 6.43. The second-order valence-corrected chi connectivity index (χ2v) is 5.68. The van der Waals surface area contributed by atoms with Crippen molar-refractivity contribution in [2.45, 2.75) is 17.1 Å². The number of hydrogen-bond donors (Lipinski definition) is 2. The molecule has 0 aliphatic rings. The minimum absolute atomic E-state index is 0.148. The molecule has 2 rings (SSSR count). The minimum atomic E-state index is -0.331. The fourth-order valence-corrected chi connectivity index (χ4v) is 2.52. The molecule has 0 spiro atoms. The van der Waals surface area contributed by atoms with Gasteiger partial charge in [-0.3, -0.25) is 4.79 Å². The van der Waals surface area contributed by atoms with Gasteiger partial charge in [0.05, 0.1) is 5.25 Å². The normalized spacial score (nSPS) is 11.9. The van der Waals surface area contributed by atoms with Crippen LogP contribution in [0, 0.1) is 5.82 Å². The van der Waals surface area contributed by atoms with Crippen LogP contribution in [0.4, 0.5) is 15.8 Å². The maximum Gasteiger partial charge on any atom is 0.237 e. The van der Waals surface area contributed by atoms with Gasteiger partial charge in [-0.25, -0.2) is 4.39 Å². The predicted molar refractivity (Wildman–Crippen MR) is 81.2 cm³/mol. The molecule has 0 aromatic heterocycles. The average Bonchev–Trinajstić information content (AvgIpc) is 2.44. The smallest absolute Gasteiger partial charge is 0.237 e. The van der Waals surface area contributed by atoms with Crippen molar-refractivity contribution in [3.63, 3.8) is 0 Å². The number of nitrogens with one attached hydrogen (secondary N) is 1. The van der Waals surface area contributed by atoms with Crippen LogP contribution in [-0.2, 0) is 4.79 Å². The Kier molecular flexibility index (Phi) is 4.63. The molecule has 0 fully saturated rings. The second-order valence-electron chi connectivity index (χ2n) is 4.29. The van der Waals surface area contributed by atoms with Gasteiger partial charge in [-0.15, -0.1) is 11.8 Å². The summed E-state index contributed by atoms with van der Waals surface area (Å²) in [6.07, 6.45) is 0. The van der Waals surface area contributed by atoms with Crippen molar-refractivity contribution in [3.8, 4) is 0 Å². The van der Waals surface area contributed by atoms with Crippen LogP contribution in [0.3, 0.4) is 0 Å². The summed E-state index contributed by atoms with van der Waals surface area (Å²) in [6, 6.07) is 13.1. The average molecular weight is 290 g/mol. The van der Waals surface area contributed by atoms with Crippen molar-refractivity contribution in [1.29, 1.82) is 0 Å². The lowest BCUT2D eigenvalue weighted by Gasteiger charge is -2.13. The molecule has 2 aromatic rings. The van der Waals surface area contributed by atoms with Gasteiger partial charge >= 0.3 is 0 Å². The molecule has 0 aliphatic carbocycles. The highest BCUT2D eigenvalue weighted by molar-refractivity contribution is 8.00. The number of halogens is 1. The third-order valence-electron chi connectivity index (χ3n) is 2.70. The predicted octanol–water partition coefficient (Wildman–Crippen LogP) is 3.53. The van der Waals surface area contributed by atoms with Crippen LogP contribution in [0.15, 0.2) is 53.4 Å². The number of rotatable bonds is 4. The number of amides is 1. The van der Waals surface area contributed by atoms with Crippen LogP contribution in [0.5, 0.6) is 0 Å². The molecule has 0 bridgehead atoms. The molecule has 1 unspecified atom stereocenters. The van der Waals surface area contributed by atoms with E-state index < -0.39 is 0 Å². The number of benzene rings is 2. The molecule has 5 heteroatoms. The van der Waals surface area contributed by atoms with Crippen LogP contribution < -0.4 is 11.1 Å². The highest BCUT2D eigenvalue weighted by Crippen LogP contribution is 2.28. The number of anilines is 2. The quantitative estimate of drug-likeness (QED) is 0.669. The zero-order chi connectivity index (χ0) is 14.5. The molecule has 0 heterocycles. The lowest BCUT2D eigenvalue weighted by Crippen LogP contribution is -2.22. The lowest BCUT2D eigenvalue weighted by atomic mass is 10.3. The molecule has 0 saturated heterocycles. The Labute approximate surface area is 121 Å². The van der Waals surface area contributed by atoms with Crippen LogP contribution >= 0.6 is 11.8 Å². The molecule has 20 heavy (non-hydrogen) atoms. The number of hydrogen-bond acceptors (Lipinski definition) is 3. The number of nitrogens with two attached hydrogens (primary N) is 1. The number of nitrogen functional groups attached to an aromatic ring is 1. The first kappa shape index (κ1) is 14.4. The Morgan fingerprint density at radius 1 is 1.20 bits per heavy atom. The SMILES string of the molecule is CC(Sc1ccccc1N)C(=O)Nc1ccc(F)cc1. The third-order valence-corrected chi connectivity index (χ3v) is 3.90. The topological polar surface area (TPSA) is 55.1 Å². The first-order chi connectivity index (χ1) is 9.56. The molecular weight excluding hydrogens is 275 g/mol. The largest absolute Gasteiger partial charge is 0.398 e. The fourth-order valence-electron chi connectivity index (χ4n) is 1.61. The van der Waals surface area contributed by atoms with Gasteiger partial charge in [0, 0.05) is 16.3 Å². The van der Waals surface area contributed by atoms with E-state index in [1.165, 1.54) is 36.0 Å². The van der Waals surface area contributed by atoms with Gasteiger partial charge in [0.2, 0.25) is 5.91 Å². The third kappa shape index (κ3) is 3.74. The van der Waals surface area contributed by atoms with Crippen LogP contribution in [0.25, 0.3) is 0 Å². The summed E-state index contributed by atoms with van der Waals surface area (Å²) < 4.78 is 12.8. The molecule has 0 saturated carbocycles. The van der Waals surface area contributed by atoms with Gasteiger partial charge in [0.1, 0.15) is 5.82 Å². The summed E-state index contributed by atoms with van der Waals surface area (Å²) in [6.45, 7) is 1.80. The van der Waals surface area contributed by atoms with Crippen molar-refractivity contribution in [2.24, 2.45) is 0 Å². The van der Waals surface area contributed by atoms with E-state index in [2.05, 4.69) is 5.32 Å². The highest BCUT2D eigenvalue weighted by Gasteiger charge is 2.15. The summed E-state index contributed by atoms with van der Waals surface area (Å²) in [5, 5.41) is 2.44. The standard InChI is InChI=1S/C15H15FN2OS/c1-10(20-14-5-3-2-4-13(14)17)15(19)18-12-8-6-11(16)7-9-12/h2-10H,17H2,1H3,(H,18,19). The monoisotopic (exact) mass is 290 g/mol. The first-order valence-electron chi connectivity index (χ1n) is 6.14. The van der Waals surface area contributed by atoms with E-state index in [4.69, 9.17) is 5.73 Å². The Hall–Kier alpha value is -2.01. The molecule has 0 radical (unpaired) electrons. The van der Waals surface area contributed by atoms with Gasteiger partial charge in [-0.1, -0.05) is 12.1 Å². The van der Waals surface area contributed by atoms with Crippen molar-refractivity contribution >= 4 is 29.0 Å². The van der Waals surface area contributed by atoms with Crippen LogP contribution in [0.2, 0.25) is 0 Å². The molecule has 1 atom stereocenters. The highest BCUT2D eigenvalue weighted by atomic mass is 32.2. The molecule has 3 N–H and O–H groups in total.